The van der Waals surface area contributed by atoms with E-state index in [1.165, 1.54) is 12.8 Å². The van der Waals surface area contributed by atoms with Crippen LogP contribution in [0, 0.1) is 0 Å². The largest absolute Gasteiger partial charge is 0.441 e. The smallest absolute Gasteiger partial charge is 0.223 e. The molecule has 4 nitrogen and oxygen atoms in total. The van der Waals surface area contributed by atoms with Crippen molar-refractivity contribution < 1.29 is 9.21 Å². The van der Waals surface area contributed by atoms with Crippen molar-refractivity contribution >= 4 is 17.0 Å². The van der Waals surface area contributed by atoms with E-state index in [4.69, 9.17) is 4.42 Å². The molecule has 0 aliphatic carbocycles. The SMILES string of the molecule is O=C(CCc1nc2ccccc2o1)N1CCCCCC1. The molecule has 1 aromatic heterocycles. The van der Waals surface area contributed by atoms with Gasteiger partial charge in [0.25, 0.3) is 0 Å². The summed E-state index contributed by atoms with van der Waals surface area (Å²) in [7, 11) is 0. The summed E-state index contributed by atoms with van der Waals surface area (Å²) in [4.78, 5) is 18.6. The van der Waals surface area contributed by atoms with E-state index in [1.807, 2.05) is 29.2 Å². The number of aromatic nitrogens is 1. The van der Waals surface area contributed by atoms with Gasteiger partial charge in [0, 0.05) is 25.9 Å². The summed E-state index contributed by atoms with van der Waals surface area (Å²) in [5, 5.41) is 0. The first kappa shape index (κ1) is 13.2. The molecule has 0 atom stereocenters. The number of amides is 1. The lowest BCUT2D eigenvalue weighted by Crippen LogP contribution is -2.31. The van der Waals surface area contributed by atoms with Crippen LogP contribution in [0.1, 0.15) is 38.0 Å². The molecule has 1 saturated heterocycles. The molecule has 3 rings (SSSR count). The van der Waals surface area contributed by atoms with Crippen LogP contribution in [-0.2, 0) is 11.2 Å². The number of hydrogen-bond donors (Lipinski definition) is 0. The first-order valence-electron chi connectivity index (χ1n) is 7.45. The summed E-state index contributed by atoms with van der Waals surface area (Å²) < 4.78 is 5.65. The van der Waals surface area contributed by atoms with Crippen molar-refractivity contribution in [1.29, 1.82) is 0 Å². The van der Waals surface area contributed by atoms with E-state index in [0.29, 0.717) is 18.7 Å². The van der Waals surface area contributed by atoms with Crippen molar-refractivity contribution in [2.45, 2.75) is 38.5 Å². The normalized spacial score (nSPS) is 16.3. The van der Waals surface area contributed by atoms with Crippen molar-refractivity contribution in [3.63, 3.8) is 0 Å². The van der Waals surface area contributed by atoms with Gasteiger partial charge in [0.2, 0.25) is 5.91 Å². The summed E-state index contributed by atoms with van der Waals surface area (Å²) in [5.41, 5.74) is 1.66. The zero-order chi connectivity index (χ0) is 13.8. The molecule has 20 heavy (non-hydrogen) atoms. The third-order valence-corrected chi connectivity index (χ3v) is 3.85. The van der Waals surface area contributed by atoms with Crippen LogP contribution in [-0.4, -0.2) is 28.9 Å². The van der Waals surface area contributed by atoms with Crippen LogP contribution >= 0.6 is 0 Å². The fraction of sp³-hybridized carbons (Fsp3) is 0.500. The van der Waals surface area contributed by atoms with Gasteiger partial charge in [-0.05, 0) is 25.0 Å². The Kier molecular flexibility index (Phi) is 4.00. The molecule has 2 heterocycles. The lowest BCUT2D eigenvalue weighted by atomic mass is 10.2. The molecule has 1 aromatic carbocycles. The van der Waals surface area contributed by atoms with Gasteiger partial charge >= 0.3 is 0 Å². The zero-order valence-electron chi connectivity index (χ0n) is 11.7. The van der Waals surface area contributed by atoms with Crippen molar-refractivity contribution in [2.75, 3.05) is 13.1 Å². The molecule has 0 spiro atoms. The average molecular weight is 272 g/mol. The predicted octanol–water partition coefficient (Wildman–Crippen LogP) is 3.16. The molecule has 1 aliphatic rings. The maximum Gasteiger partial charge on any atom is 0.223 e. The number of likely N-dealkylation sites (tertiary alicyclic amines) is 1. The number of benzene rings is 1. The van der Waals surface area contributed by atoms with E-state index in [1.54, 1.807) is 0 Å². The van der Waals surface area contributed by atoms with Gasteiger partial charge in [-0.25, -0.2) is 4.98 Å². The number of carbonyl (C=O) groups excluding carboxylic acids is 1. The second-order valence-corrected chi connectivity index (χ2v) is 5.37. The average Bonchev–Trinajstić information content (AvgIpc) is 2.69. The maximum absolute atomic E-state index is 12.2. The number of nitrogens with zero attached hydrogens (tertiary/aromatic N) is 2. The minimum Gasteiger partial charge on any atom is -0.441 e. The molecule has 0 N–H and O–H groups in total. The highest BCUT2D eigenvalue weighted by molar-refractivity contribution is 5.76. The van der Waals surface area contributed by atoms with E-state index in [0.717, 1.165) is 37.0 Å². The molecule has 1 fully saturated rings. The highest BCUT2D eigenvalue weighted by Gasteiger charge is 2.16. The van der Waals surface area contributed by atoms with Crippen molar-refractivity contribution in [1.82, 2.24) is 9.88 Å². The molecule has 0 saturated carbocycles. The maximum atomic E-state index is 12.2. The molecular formula is C16H20N2O2. The van der Waals surface area contributed by atoms with Gasteiger partial charge in [0.05, 0.1) is 0 Å². The van der Waals surface area contributed by atoms with Crippen LogP contribution < -0.4 is 0 Å². The van der Waals surface area contributed by atoms with Gasteiger partial charge in [-0.1, -0.05) is 25.0 Å². The predicted molar refractivity (Wildman–Crippen MR) is 77.4 cm³/mol. The summed E-state index contributed by atoms with van der Waals surface area (Å²) in [6.07, 6.45) is 5.84. The number of para-hydroxylation sites is 2. The van der Waals surface area contributed by atoms with Gasteiger partial charge in [-0.2, -0.15) is 0 Å². The molecular weight excluding hydrogens is 252 g/mol. The van der Waals surface area contributed by atoms with Gasteiger partial charge in [0.15, 0.2) is 11.5 Å². The van der Waals surface area contributed by atoms with Crippen molar-refractivity contribution in [2.24, 2.45) is 0 Å². The first-order chi connectivity index (χ1) is 9.83. The fourth-order valence-electron chi connectivity index (χ4n) is 2.72. The topological polar surface area (TPSA) is 46.3 Å². The van der Waals surface area contributed by atoms with E-state index in [-0.39, 0.29) is 5.91 Å². The number of oxazole rings is 1. The van der Waals surface area contributed by atoms with Crippen LogP contribution in [0.25, 0.3) is 11.1 Å². The number of hydrogen-bond acceptors (Lipinski definition) is 3. The van der Waals surface area contributed by atoms with E-state index >= 15 is 0 Å². The molecule has 1 aliphatic heterocycles. The number of fused-ring (bicyclic) bond motifs is 1. The molecule has 0 bridgehead atoms. The fourth-order valence-corrected chi connectivity index (χ4v) is 2.72. The third-order valence-electron chi connectivity index (χ3n) is 3.85. The molecule has 2 aromatic rings. The zero-order valence-corrected chi connectivity index (χ0v) is 11.7. The van der Waals surface area contributed by atoms with Crippen molar-refractivity contribution in [3.8, 4) is 0 Å². The second-order valence-electron chi connectivity index (χ2n) is 5.37. The summed E-state index contributed by atoms with van der Waals surface area (Å²) >= 11 is 0. The Bertz CT molecular complexity index is 550. The quantitative estimate of drug-likeness (QED) is 0.862. The van der Waals surface area contributed by atoms with E-state index in [9.17, 15) is 4.79 Å². The van der Waals surface area contributed by atoms with Crippen LogP contribution in [0.5, 0.6) is 0 Å². The third kappa shape index (κ3) is 3.00. The lowest BCUT2D eigenvalue weighted by molar-refractivity contribution is -0.131. The van der Waals surface area contributed by atoms with E-state index < -0.39 is 0 Å². The number of aryl methyl sites for hydroxylation is 1. The van der Waals surface area contributed by atoms with Gasteiger partial charge in [0.1, 0.15) is 5.52 Å². The van der Waals surface area contributed by atoms with Gasteiger partial charge < -0.3 is 9.32 Å². The molecule has 1 amide bonds. The molecule has 0 radical (unpaired) electrons. The molecule has 0 unspecified atom stereocenters. The van der Waals surface area contributed by atoms with Gasteiger partial charge in [-0.15, -0.1) is 0 Å². The highest BCUT2D eigenvalue weighted by Crippen LogP contribution is 2.16. The van der Waals surface area contributed by atoms with Crippen LogP contribution in [0.2, 0.25) is 0 Å². The van der Waals surface area contributed by atoms with Crippen molar-refractivity contribution in [3.05, 3.63) is 30.2 Å². The Hall–Kier alpha value is -1.84. The first-order valence-corrected chi connectivity index (χ1v) is 7.45. The summed E-state index contributed by atoms with van der Waals surface area (Å²) in [5.74, 6) is 0.892. The summed E-state index contributed by atoms with van der Waals surface area (Å²) in [6, 6.07) is 7.71. The Labute approximate surface area is 118 Å². The standard InChI is InChI=1S/C16H20N2O2/c19-16(18-11-5-1-2-6-12-18)10-9-15-17-13-7-3-4-8-14(13)20-15/h3-4,7-8H,1-2,5-6,9-12H2. The van der Waals surface area contributed by atoms with Crippen LogP contribution in [0.15, 0.2) is 28.7 Å². The summed E-state index contributed by atoms with van der Waals surface area (Å²) in [6.45, 7) is 1.82. The minimum atomic E-state index is 0.231. The highest BCUT2D eigenvalue weighted by atomic mass is 16.3. The van der Waals surface area contributed by atoms with Crippen LogP contribution in [0.4, 0.5) is 0 Å². The Balaban J connectivity index is 1.59. The molecule has 106 valence electrons. The lowest BCUT2D eigenvalue weighted by Gasteiger charge is -2.19. The number of carbonyl (C=O) groups is 1. The van der Waals surface area contributed by atoms with E-state index in [2.05, 4.69) is 4.98 Å². The molecule has 4 heteroatoms. The minimum absolute atomic E-state index is 0.231. The van der Waals surface area contributed by atoms with Crippen LogP contribution in [0.3, 0.4) is 0 Å². The Morgan fingerprint density at radius 3 is 2.65 bits per heavy atom. The van der Waals surface area contributed by atoms with Gasteiger partial charge in [-0.3, -0.25) is 4.79 Å². The Morgan fingerprint density at radius 1 is 1.15 bits per heavy atom. The second kappa shape index (κ2) is 6.07. The monoisotopic (exact) mass is 272 g/mol. The Morgan fingerprint density at radius 2 is 1.90 bits per heavy atom. The number of rotatable bonds is 3.